The molecule has 0 N–H and O–H groups in total. The van der Waals surface area contributed by atoms with Crippen LogP contribution in [0.3, 0.4) is 0 Å². The van der Waals surface area contributed by atoms with Crippen molar-refractivity contribution in [3.63, 3.8) is 0 Å². The van der Waals surface area contributed by atoms with E-state index in [1.807, 2.05) is 31.1 Å². The molecule has 5 nitrogen and oxygen atoms in total. The maximum absolute atomic E-state index is 11.5. The number of fused-ring (bicyclic) bond motifs is 1. The predicted molar refractivity (Wildman–Crippen MR) is 92.3 cm³/mol. The van der Waals surface area contributed by atoms with E-state index in [0.717, 1.165) is 41.8 Å². The number of piperidine rings is 1. The molecule has 1 aromatic carbocycles. The van der Waals surface area contributed by atoms with Crippen LogP contribution < -0.4 is 4.90 Å². The number of anilines is 1. The Kier molecular flexibility index (Phi) is 4.66. The van der Waals surface area contributed by atoms with Gasteiger partial charge in [-0.1, -0.05) is 5.16 Å². The van der Waals surface area contributed by atoms with E-state index in [4.69, 9.17) is 4.52 Å². The number of aldehydes is 1. The third-order valence-electron chi connectivity index (χ3n) is 4.96. The molecule has 0 aliphatic carbocycles. The Balaban J connectivity index is 1.78. The molecule has 0 atom stereocenters. The quantitative estimate of drug-likeness (QED) is 0.794. The van der Waals surface area contributed by atoms with Crippen molar-refractivity contribution in [1.29, 1.82) is 0 Å². The second kappa shape index (κ2) is 6.71. The Bertz CT molecular complexity index is 685. The van der Waals surface area contributed by atoms with Gasteiger partial charge in [-0.2, -0.15) is 0 Å². The summed E-state index contributed by atoms with van der Waals surface area (Å²) >= 11 is 0. The van der Waals surface area contributed by atoms with E-state index in [1.54, 1.807) is 0 Å². The maximum Gasteiger partial charge on any atom is 0.179 e. The summed E-state index contributed by atoms with van der Waals surface area (Å²) in [5.74, 6) is 0.768. The minimum Gasteiger partial charge on any atom is -0.377 e. The van der Waals surface area contributed by atoms with Crippen molar-refractivity contribution in [2.75, 3.05) is 39.1 Å². The number of aromatic nitrogens is 1. The highest BCUT2D eigenvalue weighted by atomic mass is 16.5. The standard InChI is InChI=1S/C18H25N3O2/c1-20(2)17-7-5-14-16(19-23-18(14)15(17)12-22)6-4-13-8-10-21(3)11-9-13/h5,7,12-13H,4,6,8-11H2,1-3H3. The van der Waals surface area contributed by atoms with Gasteiger partial charge in [-0.25, -0.2) is 0 Å². The molecule has 23 heavy (non-hydrogen) atoms. The van der Waals surface area contributed by atoms with Gasteiger partial charge in [0.05, 0.1) is 16.9 Å². The zero-order valence-electron chi connectivity index (χ0n) is 14.2. The second-order valence-corrected chi connectivity index (χ2v) is 6.80. The summed E-state index contributed by atoms with van der Waals surface area (Å²) in [6.45, 7) is 2.37. The molecule has 0 amide bonds. The molecule has 1 aliphatic heterocycles. The first-order valence-electron chi connectivity index (χ1n) is 8.32. The summed E-state index contributed by atoms with van der Waals surface area (Å²) in [7, 11) is 6.03. The Morgan fingerprint density at radius 2 is 2.09 bits per heavy atom. The minimum atomic E-state index is 0.588. The number of nitrogens with zero attached hydrogens (tertiary/aromatic N) is 3. The van der Waals surface area contributed by atoms with Crippen molar-refractivity contribution in [1.82, 2.24) is 10.1 Å². The van der Waals surface area contributed by atoms with Crippen molar-refractivity contribution in [2.24, 2.45) is 5.92 Å². The van der Waals surface area contributed by atoms with Crippen LogP contribution in [0.2, 0.25) is 0 Å². The molecule has 0 bridgehead atoms. The van der Waals surface area contributed by atoms with Crippen LogP contribution in [0.4, 0.5) is 5.69 Å². The molecule has 1 saturated heterocycles. The molecule has 0 radical (unpaired) electrons. The fourth-order valence-electron chi connectivity index (χ4n) is 3.44. The van der Waals surface area contributed by atoms with Gasteiger partial charge in [0.1, 0.15) is 0 Å². The average Bonchev–Trinajstić information content (AvgIpc) is 2.96. The van der Waals surface area contributed by atoms with Crippen molar-refractivity contribution >= 4 is 22.9 Å². The lowest BCUT2D eigenvalue weighted by atomic mass is 9.91. The Morgan fingerprint density at radius 3 is 2.74 bits per heavy atom. The van der Waals surface area contributed by atoms with Gasteiger partial charge in [0.25, 0.3) is 0 Å². The molecule has 2 aromatic rings. The van der Waals surface area contributed by atoms with Gasteiger partial charge in [0.15, 0.2) is 11.9 Å². The number of aryl methyl sites for hydroxylation is 1. The van der Waals surface area contributed by atoms with Gasteiger partial charge in [-0.15, -0.1) is 0 Å². The number of carbonyl (C=O) groups excluding carboxylic acids is 1. The van der Waals surface area contributed by atoms with E-state index < -0.39 is 0 Å². The number of hydrogen-bond donors (Lipinski definition) is 0. The fraction of sp³-hybridized carbons (Fsp3) is 0.556. The summed E-state index contributed by atoms with van der Waals surface area (Å²) in [4.78, 5) is 15.8. The molecular formula is C18H25N3O2. The van der Waals surface area contributed by atoms with Crippen molar-refractivity contribution in [3.05, 3.63) is 23.4 Å². The lowest BCUT2D eigenvalue weighted by molar-refractivity contribution is 0.112. The number of benzene rings is 1. The predicted octanol–water partition coefficient (Wildman–Crippen LogP) is 2.98. The SMILES string of the molecule is CN1CCC(CCc2noc3c(C=O)c(N(C)C)ccc23)CC1. The Labute approximate surface area is 137 Å². The lowest BCUT2D eigenvalue weighted by Crippen LogP contribution is -2.30. The van der Waals surface area contributed by atoms with E-state index in [0.29, 0.717) is 11.1 Å². The molecule has 0 spiro atoms. The van der Waals surface area contributed by atoms with Gasteiger partial charge in [0, 0.05) is 19.5 Å². The summed E-state index contributed by atoms with van der Waals surface area (Å²) in [6.07, 6.45) is 5.44. The largest absolute Gasteiger partial charge is 0.377 e. The zero-order chi connectivity index (χ0) is 16.4. The van der Waals surface area contributed by atoms with E-state index in [-0.39, 0.29) is 0 Å². The van der Waals surface area contributed by atoms with E-state index in [9.17, 15) is 4.79 Å². The van der Waals surface area contributed by atoms with Crippen molar-refractivity contribution in [2.45, 2.75) is 25.7 Å². The first-order valence-corrected chi connectivity index (χ1v) is 8.32. The van der Waals surface area contributed by atoms with Crippen molar-refractivity contribution in [3.8, 4) is 0 Å². The topological polar surface area (TPSA) is 49.6 Å². The zero-order valence-corrected chi connectivity index (χ0v) is 14.2. The number of likely N-dealkylation sites (tertiary alicyclic amines) is 1. The Morgan fingerprint density at radius 1 is 1.35 bits per heavy atom. The summed E-state index contributed by atoms with van der Waals surface area (Å²) in [5.41, 5.74) is 3.05. The van der Waals surface area contributed by atoms with Gasteiger partial charge in [-0.3, -0.25) is 4.79 Å². The van der Waals surface area contributed by atoms with Crippen LogP contribution in [-0.4, -0.2) is 50.6 Å². The summed E-state index contributed by atoms with van der Waals surface area (Å²) < 4.78 is 5.50. The highest BCUT2D eigenvalue weighted by Gasteiger charge is 2.20. The molecule has 2 heterocycles. The van der Waals surface area contributed by atoms with Crippen LogP contribution >= 0.6 is 0 Å². The molecule has 1 aromatic heterocycles. The normalized spacial score (nSPS) is 16.8. The van der Waals surface area contributed by atoms with Crippen LogP contribution in [0.25, 0.3) is 11.0 Å². The second-order valence-electron chi connectivity index (χ2n) is 6.80. The lowest BCUT2D eigenvalue weighted by Gasteiger charge is -2.28. The summed E-state index contributed by atoms with van der Waals surface area (Å²) in [5, 5.41) is 5.22. The van der Waals surface area contributed by atoms with Crippen molar-refractivity contribution < 1.29 is 9.32 Å². The monoisotopic (exact) mass is 315 g/mol. The van der Waals surface area contributed by atoms with Crippen LogP contribution in [-0.2, 0) is 6.42 Å². The maximum atomic E-state index is 11.5. The Hall–Kier alpha value is -1.88. The molecule has 1 aliphatic rings. The van der Waals surface area contributed by atoms with Gasteiger partial charge in [0.2, 0.25) is 0 Å². The fourth-order valence-corrected chi connectivity index (χ4v) is 3.44. The highest BCUT2D eigenvalue weighted by molar-refractivity contribution is 6.01. The first kappa shape index (κ1) is 16.0. The molecule has 0 unspecified atom stereocenters. The van der Waals surface area contributed by atoms with E-state index in [2.05, 4.69) is 17.1 Å². The minimum absolute atomic E-state index is 0.588. The van der Waals surface area contributed by atoms with E-state index in [1.165, 1.54) is 25.9 Å². The molecule has 124 valence electrons. The number of rotatable bonds is 5. The summed E-state index contributed by atoms with van der Waals surface area (Å²) in [6, 6.07) is 4.00. The van der Waals surface area contributed by atoms with Gasteiger partial charge in [-0.05, 0) is 63.9 Å². The highest BCUT2D eigenvalue weighted by Crippen LogP contribution is 2.30. The smallest absolute Gasteiger partial charge is 0.179 e. The molecule has 1 fully saturated rings. The molecule has 3 rings (SSSR count). The molecule has 5 heteroatoms. The molecule has 0 saturated carbocycles. The van der Waals surface area contributed by atoms with Crippen LogP contribution in [0, 0.1) is 5.92 Å². The number of hydrogen-bond acceptors (Lipinski definition) is 5. The van der Waals surface area contributed by atoms with Crippen LogP contribution in [0.5, 0.6) is 0 Å². The molecular weight excluding hydrogens is 290 g/mol. The third kappa shape index (κ3) is 3.24. The number of carbonyl (C=O) groups is 1. The van der Waals surface area contributed by atoms with Crippen LogP contribution in [0.15, 0.2) is 16.7 Å². The van der Waals surface area contributed by atoms with Gasteiger partial charge < -0.3 is 14.3 Å². The first-order chi connectivity index (χ1) is 11.1. The third-order valence-corrected chi connectivity index (χ3v) is 4.96. The van der Waals surface area contributed by atoms with E-state index >= 15 is 0 Å². The van der Waals surface area contributed by atoms with Crippen LogP contribution in [0.1, 0.15) is 35.3 Å². The van der Waals surface area contributed by atoms with Gasteiger partial charge >= 0.3 is 0 Å². The average molecular weight is 315 g/mol.